The maximum absolute atomic E-state index is 5.74. The number of hydrogen-bond donors (Lipinski definition) is 0. The van der Waals surface area contributed by atoms with Gasteiger partial charge in [-0.1, -0.05) is 25.8 Å². The molecule has 1 aromatic heterocycles. The lowest BCUT2D eigenvalue weighted by molar-refractivity contribution is 0.852. The van der Waals surface area contributed by atoms with Gasteiger partial charge in [-0.15, -0.1) is 0 Å². The molecule has 2 heteroatoms. The summed E-state index contributed by atoms with van der Waals surface area (Å²) < 4.78 is 0. The summed E-state index contributed by atoms with van der Waals surface area (Å²) in [5.41, 5.74) is 3.58. The fourth-order valence-corrected chi connectivity index (χ4v) is 1.31. The van der Waals surface area contributed by atoms with Gasteiger partial charge in [0, 0.05) is 0 Å². The minimum absolute atomic E-state index is 0.428. The van der Waals surface area contributed by atoms with Crippen LogP contribution in [0.5, 0.6) is 0 Å². The highest BCUT2D eigenvalue weighted by molar-refractivity contribution is 6.31. The van der Waals surface area contributed by atoms with Crippen molar-refractivity contribution in [1.29, 1.82) is 0 Å². The molecule has 0 atom stereocenters. The van der Waals surface area contributed by atoms with E-state index in [0.717, 1.165) is 11.3 Å². The van der Waals surface area contributed by atoms with Crippen molar-refractivity contribution >= 4 is 13.4 Å². The molecule has 0 bridgehead atoms. The fourth-order valence-electron chi connectivity index (χ4n) is 1.31. The molecule has 0 saturated carbocycles. The maximum Gasteiger partial charge on any atom is 0.142 e. The summed E-state index contributed by atoms with van der Waals surface area (Å²) in [5, 5.41) is 0. The van der Waals surface area contributed by atoms with Crippen molar-refractivity contribution in [2.45, 2.75) is 33.6 Å². The van der Waals surface area contributed by atoms with Gasteiger partial charge < -0.3 is 0 Å². The normalized spacial score (nSPS) is 9.79. The van der Waals surface area contributed by atoms with Crippen LogP contribution < -0.4 is 5.59 Å². The van der Waals surface area contributed by atoms with E-state index in [1.165, 1.54) is 5.56 Å². The van der Waals surface area contributed by atoms with E-state index in [0.29, 0.717) is 11.5 Å². The van der Waals surface area contributed by atoms with Gasteiger partial charge in [0.05, 0.1) is 0 Å². The van der Waals surface area contributed by atoms with Crippen LogP contribution in [0.25, 0.3) is 0 Å². The SMILES string of the molecule is [B]c1nc(C#CC)c(C(C)C)cc1C. The largest absolute Gasteiger partial charge is 0.255 e. The van der Waals surface area contributed by atoms with Crippen LogP contribution in [0.3, 0.4) is 0 Å². The van der Waals surface area contributed by atoms with Gasteiger partial charge in [0.15, 0.2) is 0 Å². The predicted molar refractivity (Wildman–Crippen MR) is 61.0 cm³/mol. The maximum atomic E-state index is 5.74. The van der Waals surface area contributed by atoms with Gasteiger partial charge in [-0.25, -0.2) is 0 Å². The topological polar surface area (TPSA) is 12.9 Å². The molecular weight excluding hydrogens is 169 g/mol. The Morgan fingerprint density at radius 1 is 1.43 bits per heavy atom. The Labute approximate surface area is 87.4 Å². The number of pyridine rings is 1. The first-order chi connectivity index (χ1) is 6.56. The second kappa shape index (κ2) is 4.33. The second-order valence-corrected chi connectivity index (χ2v) is 3.66. The van der Waals surface area contributed by atoms with Gasteiger partial charge in [0.2, 0.25) is 0 Å². The lowest BCUT2D eigenvalue weighted by Gasteiger charge is -2.11. The van der Waals surface area contributed by atoms with Crippen LogP contribution in [0.15, 0.2) is 6.07 Å². The summed E-state index contributed by atoms with van der Waals surface area (Å²) in [6.45, 7) is 8.04. The summed E-state index contributed by atoms with van der Waals surface area (Å²) >= 11 is 0. The third-order valence-corrected chi connectivity index (χ3v) is 2.15. The first-order valence-electron chi connectivity index (χ1n) is 4.76. The third kappa shape index (κ3) is 2.17. The molecule has 1 aromatic rings. The van der Waals surface area contributed by atoms with E-state index >= 15 is 0 Å². The molecule has 0 fully saturated rings. The quantitative estimate of drug-likeness (QED) is 0.476. The minimum Gasteiger partial charge on any atom is -0.255 e. The van der Waals surface area contributed by atoms with Crippen LogP contribution in [0.1, 0.15) is 43.5 Å². The molecular formula is C12H14BN. The lowest BCUT2D eigenvalue weighted by Crippen LogP contribution is -2.16. The molecule has 0 aliphatic carbocycles. The van der Waals surface area contributed by atoms with E-state index in [4.69, 9.17) is 7.85 Å². The van der Waals surface area contributed by atoms with Gasteiger partial charge in [-0.3, -0.25) is 4.98 Å². The van der Waals surface area contributed by atoms with Gasteiger partial charge in [-0.05, 0) is 42.4 Å². The van der Waals surface area contributed by atoms with Crippen LogP contribution in [0.4, 0.5) is 0 Å². The number of aryl methyl sites for hydroxylation is 1. The second-order valence-electron chi connectivity index (χ2n) is 3.66. The molecule has 0 aliphatic rings. The molecule has 0 saturated heterocycles. The van der Waals surface area contributed by atoms with Crippen molar-refractivity contribution in [3.05, 3.63) is 22.9 Å². The average molecular weight is 183 g/mol. The average Bonchev–Trinajstić information content (AvgIpc) is 2.11. The number of rotatable bonds is 1. The van der Waals surface area contributed by atoms with Crippen molar-refractivity contribution in [1.82, 2.24) is 4.98 Å². The first kappa shape index (κ1) is 10.9. The highest BCUT2D eigenvalue weighted by atomic mass is 14.7. The lowest BCUT2D eigenvalue weighted by atomic mass is 9.92. The molecule has 1 heterocycles. The van der Waals surface area contributed by atoms with Crippen molar-refractivity contribution in [3.8, 4) is 11.8 Å². The minimum atomic E-state index is 0.428. The Hall–Kier alpha value is -1.23. The Balaban J connectivity index is 3.36. The first-order valence-corrected chi connectivity index (χ1v) is 4.76. The monoisotopic (exact) mass is 183 g/mol. The number of hydrogen-bond acceptors (Lipinski definition) is 1. The van der Waals surface area contributed by atoms with Gasteiger partial charge >= 0.3 is 0 Å². The van der Waals surface area contributed by atoms with Crippen molar-refractivity contribution in [2.75, 3.05) is 0 Å². The smallest absolute Gasteiger partial charge is 0.142 e. The fraction of sp³-hybridized carbons (Fsp3) is 0.417. The molecule has 2 radical (unpaired) electrons. The molecule has 0 N–H and O–H groups in total. The molecule has 0 unspecified atom stereocenters. The highest BCUT2D eigenvalue weighted by Gasteiger charge is 2.07. The van der Waals surface area contributed by atoms with Crippen LogP contribution in [-0.2, 0) is 0 Å². The molecule has 0 aliphatic heterocycles. The van der Waals surface area contributed by atoms with Crippen LogP contribution in [0.2, 0.25) is 0 Å². The zero-order valence-electron chi connectivity index (χ0n) is 9.18. The molecule has 14 heavy (non-hydrogen) atoms. The summed E-state index contributed by atoms with van der Waals surface area (Å²) in [6.07, 6.45) is 0. The zero-order valence-corrected chi connectivity index (χ0v) is 9.18. The van der Waals surface area contributed by atoms with E-state index in [-0.39, 0.29) is 0 Å². The van der Waals surface area contributed by atoms with E-state index in [1.807, 2.05) is 13.8 Å². The Bertz CT molecular complexity index is 397. The van der Waals surface area contributed by atoms with E-state index in [9.17, 15) is 0 Å². The van der Waals surface area contributed by atoms with Crippen molar-refractivity contribution < 1.29 is 0 Å². The van der Waals surface area contributed by atoms with Crippen molar-refractivity contribution in [2.24, 2.45) is 0 Å². The predicted octanol–water partition coefficient (Wildman–Crippen LogP) is 1.68. The van der Waals surface area contributed by atoms with Crippen molar-refractivity contribution in [3.63, 3.8) is 0 Å². The van der Waals surface area contributed by atoms with E-state index in [2.05, 4.69) is 36.7 Å². The van der Waals surface area contributed by atoms with Gasteiger partial charge in [0.1, 0.15) is 13.5 Å². The summed E-state index contributed by atoms with van der Waals surface area (Å²) in [4.78, 5) is 4.29. The number of nitrogens with zero attached hydrogens (tertiary/aromatic N) is 1. The van der Waals surface area contributed by atoms with Crippen LogP contribution in [0, 0.1) is 18.8 Å². The summed E-state index contributed by atoms with van der Waals surface area (Å²) in [7, 11) is 5.74. The molecule has 1 nitrogen and oxygen atoms in total. The Kier molecular flexibility index (Phi) is 3.35. The number of aromatic nitrogens is 1. The molecule has 70 valence electrons. The van der Waals surface area contributed by atoms with Crippen LogP contribution in [-0.4, -0.2) is 12.8 Å². The summed E-state index contributed by atoms with van der Waals surface area (Å²) in [6, 6.07) is 2.08. The molecule has 0 amide bonds. The van der Waals surface area contributed by atoms with Gasteiger partial charge in [0.25, 0.3) is 0 Å². The zero-order chi connectivity index (χ0) is 10.7. The van der Waals surface area contributed by atoms with E-state index in [1.54, 1.807) is 0 Å². The van der Waals surface area contributed by atoms with Crippen LogP contribution >= 0.6 is 0 Å². The Morgan fingerprint density at radius 2 is 2.07 bits per heavy atom. The Morgan fingerprint density at radius 3 is 2.57 bits per heavy atom. The van der Waals surface area contributed by atoms with E-state index < -0.39 is 0 Å². The molecule has 0 spiro atoms. The molecule has 0 aromatic carbocycles. The third-order valence-electron chi connectivity index (χ3n) is 2.15. The van der Waals surface area contributed by atoms with Gasteiger partial charge in [-0.2, -0.15) is 0 Å². The highest BCUT2D eigenvalue weighted by Crippen LogP contribution is 2.17. The standard InChI is InChI=1S/C12H14BN/c1-5-6-11-10(8(2)3)7-9(4)12(13)14-11/h7-8H,1-4H3. The molecule has 1 rings (SSSR count). The summed E-state index contributed by atoms with van der Waals surface area (Å²) in [5.74, 6) is 6.27.